The Hall–Kier alpha value is -0.840. The molecule has 0 amide bonds. The number of aryl methyl sites for hydroxylation is 1. The molecule has 0 spiro atoms. The third-order valence-electron chi connectivity index (χ3n) is 3.65. The van der Waals surface area contributed by atoms with E-state index in [1.807, 2.05) is 32.9 Å². The van der Waals surface area contributed by atoms with Crippen LogP contribution in [0.4, 0.5) is 0 Å². The first-order chi connectivity index (χ1) is 8.39. The Kier molecular flexibility index (Phi) is 3.80. The molecule has 4 nitrogen and oxygen atoms in total. The Bertz CT molecular complexity index is 398. The molecule has 1 aromatic heterocycles. The van der Waals surface area contributed by atoms with Gasteiger partial charge in [-0.15, -0.1) is 0 Å². The molecule has 18 heavy (non-hydrogen) atoms. The van der Waals surface area contributed by atoms with Gasteiger partial charge in [-0.3, -0.25) is 4.90 Å². The molecule has 2 rings (SSSR count). The van der Waals surface area contributed by atoms with Gasteiger partial charge in [0.05, 0.1) is 11.6 Å². The van der Waals surface area contributed by atoms with Gasteiger partial charge in [0.15, 0.2) is 0 Å². The van der Waals surface area contributed by atoms with Crippen LogP contribution in [0.15, 0.2) is 16.5 Å². The number of β-amino-alcohol motifs (C(OH)–C–C–N with tert-alkyl or cyclic N) is 1. The minimum Gasteiger partial charge on any atom is -0.465 e. The van der Waals surface area contributed by atoms with Gasteiger partial charge in [0.2, 0.25) is 0 Å². The second kappa shape index (κ2) is 5.03. The molecule has 3 atom stereocenters. The third kappa shape index (κ3) is 2.94. The van der Waals surface area contributed by atoms with Gasteiger partial charge in [-0.2, -0.15) is 0 Å². The van der Waals surface area contributed by atoms with E-state index in [9.17, 15) is 5.11 Å². The predicted molar refractivity (Wildman–Crippen MR) is 71.3 cm³/mol. The lowest BCUT2D eigenvalue weighted by Crippen LogP contribution is -2.50. The normalized spacial score (nSPS) is 29.2. The molecule has 1 aliphatic heterocycles. The Labute approximate surface area is 109 Å². The standard InChI is InChI=1S/C14H24N2O2/c1-10-5-6-12(18-10)13(11(2)15)16-8-4-7-14(3,17)9-16/h5-6,11,13,17H,4,7-9,15H2,1-3H3. The largest absolute Gasteiger partial charge is 0.465 e. The first-order valence-corrected chi connectivity index (χ1v) is 6.67. The lowest BCUT2D eigenvalue weighted by Gasteiger charge is -2.41. The van der Waals surface area contributed by atoms with Crippen molar-refractivity contribution >= 4 is 0 Å². The van der Waals surface area contributed by atoms with Crippen LogP contribution in [0.2, 0.25) is 0 Å². The highest BCUT2D eigenvalue weighted by molar-refractivity contribution is 5.12. The van der Waals surface area contributed by atoms with Crippen LogP contribution >= 0.6 is 0 Å². The minimum atomic E-state index is -0.618. The van der Waals surface area contributed by atoms with Crippen molar-refractivity contribution in [3.63, 3.8) is 0 Å². The fourth-order valence-corrected chi connectivity index (χ4v) is 2.88. The van der Waals surface area contributed by atoms with Crippen molar-refractivity contribution in [1.29, 1.82) is 0 Å². The van der Waals surface area contributed by atoms with E-state index in [2.05, 4.69) is 4.90 Å². The number of nitrogens with two attached hydrogens (primary N) is 1. The predicted octanol–water partition coefficient (Wildman–Crippen LogP) is 1.82. The number of piperidine rings is 1. The highest BCUT2D eigenvalue weighted by Gasteiger charge is 2.35. The number of hydrogen-bond donors (Lipinski definition) is 2. The first kappa shape index (κ1) is 13.6. The maximum atomic E-state index is 10.2. The summed E-state index contributed by atoms with van der Waals surface area (Å²) in [6.07, 6.45) is 1.85. The van der Waals surface area contributed by atoms with E-state index >= 15 is 0 Å². The molecule has 0 radical (unpaired) electrons. The fourth-order valence-electron chi connectivity index (χ4n) is 2.88. The number of aliphatic hydroxyl groups is 1. The van der Waals surface area contributed by atoms with E-state index in [4.69, 9.17) is 10.2 Å². The molecule has 0 aliphatic carbocycles. The molecule has 0 aromatic carbocycles. The lowest BCUT2D eigenvalue weighted by atomic mass is 9.92. The van der Waals surface area contributed by atoms with E-state index < -0.39 is 5.60 Å². The van der Waals surface area contributed by atoms with Crippen molar-refractivity contribution in [2.45, 2.75) is 51.3 Å². The monoisotopic (exact) mass is 252 g/mol. The molecule has 0 saturated carbocycles. The van der Waals surface area contributed by atoms with E-state index in [1.54, 1.807) is 0 Å². The van der Waals surface area contributed by atoms with Crippen LogP contribution in [0.3, 0.4) is 0 Å². The van der Waals surface area contributed by atoms with Crippen LogP contribution in [-0.2, 0) is 0 Å². The number of nitrogens with zero attached hydrogens (tertiary/aromatic N) is 1. The van der Waals surface area contributed by atoms with Gasteiger partial charge in [-0.1, -0.05) is 0 Å². The summed E-state index contributed by atoms with van der Waals surface area (Å²) in [5.41, 5.74) is 5.50. The molecule has 1 aliphatic rings. The van der Waals surface area contributed by atoms with Gasteiger partial charge in [0, 0.05) is 12.6 Å². The number of furan rings is 1. The molecule has 0 bridgehead atoms. The molecule has 4 heteroatoms. The quantitative estimate of drug-likeness (QED) is 0.861. The highest BCUT2D eigenvalue weighted by Crippen LogP contribution is 2.31. The SMILES string of the molecule is Cc1ccc(C(C(C)N)N2CCCC(C)(O)C2)o1. The Morgan fingerprint density at radius 2 is 2.22 bits per heavy atom. The summed E-state index contributed by atoms with van der Waals surface area (Å²) in [7, 11) is 0. The zero-order chi connectivity index (χ0) is 13.3. The molecule has 1 aromatic rings. The molecular weight excluding hydrogens is 228 g/mol. The van der Waals surface area contributed by atoms with Crippen molar-refractivity contribution in [2.75, 3.05) is 13.1 Å². The Morgan fingerprint density at radius 3 is 2.72 bits per heavy atom. The summed E-state index contributed by atoms with van der Waals surface area (Å²) in [5.74, 6) is 1.81. The van der Waals surface area contributed by atoms with Gasteiger partial charge < -0.3 is 15.3 Å². The van der Waals surface area contributed by atoms with Gasteiger partial charge in [-0.25, -0.2) is 0 Å². The van der Waals surface area contributed by atoms with Crippen molar-refractivity contribution in [3.05, 3.63) is 23.7 Å². The maximum Gasteiger partial charge on any atom is 0.122 e. The smallest absolute Gasteiger partial charge is 0.122 e. The van der Waals surface area contributed by atoms with Gasteiger partial charge >= 0.3 is 0 Å². The van der Waals surface area contributed by atoms with E-state index in [-0.39, 0.29) is 12.1 Å². The number of hydrogen-bond acceptors (Lipinski definition) is 4. The molecular formula is C14H24N2O2. The Morgan fingerprint density at radius 1 is 1.50 bits per heavy atom. The summed E-state index contributed by atoms with van der Waals surface area (Å²) >= 11 is 0. The average Bonchev–Trinajstić information content (AvgIpc) is 2.63. The summed E-state index contributed by atoms with van der Waals surface area (Å²) in [5, 5.41) is 10.2. The highest BCUT2D eigenvalue weighted by atomic mass is 16.3. The van der Waals surface area contributed by atoms with Crippen LogP contribution in [0.1, 0.15) is 44.3 Å². The summed E-state index contributed by atoms with van der Waals surface area (Å²) < 4.78 is 5.73. The Balaban J connectivity index is 2.20. The maximum absolute atomic E-state index is 10.2. The van der Waals surface area contributed by atoms with Crippen molar-refractivity contribution < 1.29 is 9.52 Å². The second-order valence-electron chi connectivity index (χ2n) is 5.82. The topological polar surface area (TPSA) is 62.6 Å². The van der Waals surface area contributed by atoms with Crippen molar-refractivity contribution in [3.8, 4) is 0 Å². The fraction of sp³-hybridized carbons (Fsp3) is 0.714. The third-order valence-corrected chi connectivity index (χ3v) is 3.65. The van der Waals surface area contributed by atoms with Crippen LogP contribution in [0.5, 0.6) is 0 Å². The van der Waals surface area contributed by atoms with E-state index in [0.717, 1.165) is 30.9 Å². The van der Waals surface area contributed by atoms with E-state index in [1.165, 1.54) is 0 Å². The van der Waals surface area contributed by atoms with Gasteiger partial charge in [0.25, 0.3) is 0 Å². The molecule has 3 unspecified atom stereocenters. The molecule has 102 valence electrons. The zero-order valence-electron chi connectivity index (χ0n) is 11.5. The van der Waals surface area contributed by atoms with Gasteiger partial charge in [-0.05, 0) is 52.3 Å². The molecule has 1 fully saturated rings. The van der Waals surface area contributed by atoms with Crippen LogP contribution in [0, 0.1) is 6.92 Å². The summed E-state index contributed by atoms with van der Waals surface area (Å²) in [6.45, 7) is 7.44. The van der Waals surface area contributed by atoms with Crippen molar-refractivity contribution in [1.82, 2.24) is 4.90 Å². The van der Waals surface area contributed by atoms with E-state index in [0.29, 0.717) is 6.54 Å². The number of rotatable bonds is 3. The van der Waals surface area contributed by atoms with Crippen LogP contribution in [0.25, 0.3) is 0 Å². The lowest BCUT2D eigenvalue weighted by molar-refractivity contribution is -0.0364. The first-order valence-electron chi connectivity index (χ1n) is 6.67. The molecule has 1 saturated heterocycles. The average molecular weight is 252 g/mol. The molecule has 3 N–H and O–H groups in total. The molecule has 2 heterocycles. The van der Waals surface area contributed by atoms with Crippen molar-refractivity contribution in [2.24, 2.45) is 5.73 Å². The number of likely N-dealkylation sites (tertiary alicyclic amines) is 1. The minimum absolute atomic E-state index is 0.0237. The zero-order valence-corrected chi connectivity index (χ0v) is 11.5. The summed E-state index contributed by atoms with van der Waals surface area (Å²) in [4.78, 5) is 2.24. The van der Waals surface area contributed by atoms with Crippen LogP contribution < -0.4 is 5.73 Å². The van der Waals surface area contributed by atoms with Crippen LogP contribution in [-0.4, -0.2) is 34.7 Å². The second-order valence-corrected chi connectivity index (χ2v) is 5.82. The van der Waals surface area contributed by atoms with Gasteiger partial charge in [0.1, 0.15) is 11.5 Å². The summed E-state index contributed by atoms with van der Waals surface area (Å²) in [6, 6.07) is 3.98.